The fourth-order valence-corrected chi connectivity index (χ4v) is 3.25. The van der Waals surface area contributed by atoms with Gasteiger partial charge in [-0.15, -0.1) is 0 Å². The highest BCUT2D eigenvalue weighted by Crippen LogP contribution is 2.39. The van der Waals surface area contributed by atoms with Crippen molar-refractivity contribution in [3.05, 3.63) is 64.3 Å². The second-order valence-corrected chi connectivity index (χ2v) is 7.29. The zero-order chi connectivity index (χ0) is 18.4. The SMILES string of the molecule is CC(C=Cc1ccccc1C#CC1=C(C)CCCC1(C)C)=CC(=O)O. The van der Waals surface area contributed by atoms with Crippen molar-refractivity contribution >= 4 is 12.0 Å². The maximum Gasteiger partial charge on any atom is 0.328 e. The number of benzene rings is 1. The number of hydrogen-bond acceptors (Lipinski definition) is 1. The predicted octanol–water partition coefficient (Wildman–Crippen LogP) is 5.61. The lowest BCUT2D eigenvalue weighted by Crippen LogP contribution is -2.19. The van der Waals surface area contributed by atoms with E-state index in [4.69, 9.17) is 5.11 Å². The topological polar surface area (TPSA) is 37.3 Å². The van der Waals surface area contributed by atoms with E-state index in [-0.39, 0.29) is 5.41 Å². The zero-order valence-corrected chi connectivity index (χ0v) is 15.5. The number of carbonyl (C=O) groups is 1. The van der Waals surface area contributed by atoms with Gasteiger partial charge in [0.1, 0.15) is 0 Å². The van der Waals surface area contributed by atoms with Crippen LogP contribution < -0.4 is 0 Å². The van der Waals surface area contributed by atoms with Crippen LogP contribution in [-0.2, 0) is 4.79 Å². The quantitative estimate of drug-likeness (QED) is 0.443. The second kappa shape index (κ2) is 8.03. The molecule has 0 saturated carbocycles. The fraction of sp³-hybridized carbons (Fsp3) is 0.348. The molecule has 1 N–H and O–H groups in total. The van der Waals surface area contributed by atoms with Gasteiger partial charge in [-0.05, 0) is 55.7 Å². The Morgan fingerprint density at radius 1 is 1.24 bits per heavy atom. The molecule has 0 heterocycles. The molecule has 0 saturated heterocycles. The Labute approximate surface area is 151 Å². The zero-order valence-electron chi connectivity index (χ0n) is 15.5. The third kappa shape index (κ3) is 5.22. The van der Waals surface area contributed by atoms with Crippen molar-refractivity contribution < 1.29 is 9.90 Å². The van der Waals surface area contributed by atoms with Gasteiger partial charge in [0.05, 0.1) is 0 Å². The van der Waals surface area contributed by atoms with E-state index in [9.17, 15) is 4.79 Å². The van der Waals surface area contributed by atoms with Crippen molar-refractivity contribution in [2.24, 2.45) is 5.41 Å². The van der Waals surface area contributed by atoms with Crippen molar-refractivity contribution in [2.75, 3.05) is 0 Å². The number of aliphatic carboxylic acids is 1. The van der Waals surface area contributed by atoms with Crippen molar-refractivity contribution in [3.8, 4) is 11.8 Å². The van der Waals surface area contributed by atoms with Gasteiger partial charge in [0.25, 0.3) is 0 Å². The highest BCUT2D eigenvalue weighted by atomic mass is 16.4. The first-order chi connectivity index (χ1) is 11.8. The lowest BCUT2D eigenvalue weighted by atomic mass is 9.73. The minimum absolute atomic E-state index is 0.140. The summed E-state index contributed by atoms with van der Waals surface area (Å²) >= 11 is 0. The Kier molecular flexibility index (Phi) is 6.04. The van der Waals surface area contributed by atoms with Crippen LogP contribution in [0.4, 0.5) is 0 Å². The van der Waals surface area contributed by atoms with Crippen molar-refractivity contribution in [1.82, 2.24) is 0 Å². The molecular weight excluding hydrogens is 308 g/mol. The largest absolute Gasteiger partial charge is 0.478 e. The third-order valence-corrected chi connectivity index (χ3v) is 4.62. The number of carboxylic acids is 1. The summed E-state index contributed by atoms with van der Waals surface area (Å²) in [5.41, 5.74) is 5.46. The van der Waals surface area contributed by atoms with Gasteiger partial charge in [-0.3, -0.25) is 0 Å². The summed E-state index contributed by atoms with van der Waals surface area (Å²) in [6.07, 6.45) is 8.47. The molecule has 0 spiro atoms. The monoisotopic (exact) mass is 334 g/mol. The standard InChI is InChI=1S/C23H26O2/c1-17(16-22(24)25)11-12-19-9-5-6-10-20(19)13-14-21-18(2)8-7-15-23(21,3)4/h5-6,9-12,16H,7-8,15H2,1-4H3,(H,24,25). The molecule has 0 aromatic heterocycles. The molecule has 0 amide bonds. The molecular formula is C23H26O2. The van der Waals surface area contributed by atoms with Gasteiger partial charge in [-0.2, -0.15) is 0 Å². The molecule has 1 aliphatic rings. The van der Waals surface area contributed by atoms with Crippen LogP contribution in [0, 0.1) is 17.3 Å². The molecule has 2 nitrogen and oxygen atoms in total. The van der Waals surface area contributed by atoms with Crippen LogP contribution in [0.3, 0.4) is 0 Å². The fourth-order valence-electron chi connectivity index (χ4n) is 3.25. The maximum atomic E-state index is 10.7. The average Bonchev–Trinajstić information content (AvgIpc) is 2.52. The first-order valence-electron chi connectivity index (χ1n) is 8.70. The van der Waals surface area contributed by atoms with Gasteiger partial charge in [-0.25, -0.2) is 4.79 Å². The summed E-state index contributed by atoms with van der Waals surface area (Å²) < 4.78 is 0. The predicted molar refractivity (Wildman–Crippen MR) is 104 cm³/mol. The Hall–Kier alpha value is -2.53. The smallest absolute Gasteiger partial charge is 0.328 e. The third-order valence-electron chi connectivity index (χ3n) is 4.62. The molecule has 0 atom stereocenters. The Morgan fingerprint density at radius 3 is 2.64 bits per heavy atom. The van der Waals surface area contributed by atoms with Crippen LogP contribution in [0.25, 0.3) is 6.08 Å². The lowest BCUT2D eigenvalue weighted by molar-refractivity contribution is -0.131. The van der Waals surface area contributed by atoms with Crippen molar-refractivity contribution in [3.63, 3.8) is 0 Å². The van der Waals surface area contributed by atoms with E-state index in [1.807, 2.05) is 36.4 Å². The minimum atomic E-state index is -0.933. The number of rotatable bonds is 3. The molecule has 0 aliphatic heterocycles. The number of allylic oxidation sites excluding steroid dienone is 4. The van der Waals surface area contributed by atoms with E-state index >= 15 is 0 Å². The Balaban J connectivity index is 2.34. The summed E-state index contributed by atoms with van der Waals surface area (Å²) in [6, 6.07) is 7.96. The van der Waals surface area contributed by atoms with E-state index in [1.54, 1.807) is 6.92 Å². The molecule has 130 valence electrons. The molecule has 1 aromatic rings. The van der Waals surface area contributed by atoms with Crippen molar-refractivity contribution in [2.45, 2.75) is 47.0 Å². The molecule has 2 rings (SSSR count). The molecule has 25 heavy (non-hydrogen) atoms. The van der Waals surface area contributed by atoms with Gasteiger partial charge >= 0.3 is 5.97 Å². The van der Waals surface area contributed by atoms with E-state index in [0.717, 1.165) is 17.5 Å². The molecule has 0 fully saturated rings. The van der Waals surface area contributed by atoms with Crippen molar-refractivity contribution in [1.29, 1.82) is 0 Å². The Morgan fingerprint density at radius 2 is 1.96 bits per heavy atom. The van der Waals surface area contributed by atoms with Gasteiger partial charge in [0, 0.05) is 17.2 Å². The van der Waals surface area contributed by atoms with E-state index in [1.165, 1.54) is 30.1 Å². The molecule has 0 unspecified atom stereocenters. The van der Waals surface area contributed by atoms with Crippen LogP contribution in [0.2, 0.25) is 0 Å². The molecule has 2 heteroatoms. The van der Waals surface area contributed by atoms with Crippen LogP contribution in [0.5, 0.6) is 0 Å². The van der Waals surface area contributed by atoms with Gasteiger partial charge in [0.2, 0.25) is 0 Å². The first-order valence-corrected chi connectivity index (χ1v) is 8.70. The van der Waals surface area contributed by atoms with E-state index in [0.29, 0.717) is 5.57 Å². The Bertz CT molecular complexity index is 808. The number of carboxylic acid groups (broad SMARTS) is 1. The van der Waals surface area contributed by atoms with Crippen LogP contribution in [0.1, 0.15) is 58.1 Å². The highest BCUT2D eigenvalue weighted by molar-refractivity contribution is 5.81. The number of hydrogen-bond donors (Lipinski definition) is 1. The van der Waals surface area contributed by atoms with E-state index in [2.05, 4.69) is 32.6 Å². The summed E-state index contributed by atoms with van der Waals surface area (Å²) in [5, 5.41) is 8.80. The molecule has 0 bridgehead atoms. The summed E-state index contributed by atoms with van der Waals surface area (Å²) in [4.78, 5) is 10.7. The highest BCUT2D eigenvalue weighted by Gasteiger charge is 2.27. The minimum Gasteiger partial charge on any atom is -0.478 e. The molecule has 1 aromatic carbocycles. The van der Waals surface area contributed by atoms with Crippen LogP contribution in [0.15, 0.2) is 53.1 Å². The van der Waals surface area contributed by atoms with Gasteiger partial charge in [0.15, 0.2) is 0 Å². The second-order valence-electron chi connectivity index (χ2n) is 7.29. The summed E-state index contributed by atoms with van der Waals surface area (Å²) in [7, 11) is 0. The van der Waals surface area contributed by atoms with Crippen LogP contribution >= 0.6 is 0 Å². The molecule has 1 aliphatic carbocycles. The van der Waals surface area contributed by atoms with E-state index < -0.39 is 5.97 Å². The first kappa shape index (κ1) is 18.8. The lowest BCUT2D eigenvalue weighted by Gasteiger charge is -2.31. The summed E-state index contributed by atoms with van der Waals surface area (Å²) in [6.45, 7) is 8.51. The maximum absolute atomic E-state index is 10.7. The molecule has 0 radical (unpaired) electrons. The van der Waals surface area contributed by atoms with Gasteiger partial charge < -0.3 is 5.11 Å². The van der Waals surface area contributed by atoms with Gasteiger partial charge in [-0.1, -0.05) is 61.6 Å². The normalized spacial score (nSPS) is 17.4. The van der Waals surface area contributed by atoms with Crippen LogP contribution in [-0.4, -0.2) is 11.1 Å². The summed E-state index contributed by atoms with van der Waals surface area (Å²) in [5.74, 6) is 5.83. The average molecular weight is 334 g/mol.